The third kappa shape index (κ3) is 3.42. The quantitative estimate of drug-likeness (QED) is 0.681. The molecule has 0 aliphatic heterocycles. The van der Waals surface area contributed by atoms with Crippen molar-refractivity contribution in [3.63, 3.8) is 0 Å². The second-order valence-electron chi connectivity index (χ2n) is 6.32. The van der Waals surface area contributed by atoms with E-state index in [4.69, 9.17) is 9.15 Å². The van der Waals surface area contributed by atoms with Crippen LogP contribution in [0.2, 0.25) is 0 Å². The Morgan fingerprint density at radius 2 is 1.92 bits per heavy atom. The van der Waals surface area contributed by atoms with E-state index in [1.807, 2.05) is 19.9 Å². The van der Waals surface area contributed by atoms with Gasteiger partial charge >= 0.3 is 0 Å². The number of ether oxygens (including phenoxy) is 1. The highest BCUT2D eigenvalue weighted by Crippen LogP contribution is 2.36. The summed E-state index contributed by atoms with van der Waals surface area (Å²) < 4.78 is 11.1. The molecule has 0 bridgehead atoms. The molecule has 0 amide bonds. The van der Waals surface area contributed by atoms with Crippen molar-refractivity contribution < 1.29 is 19.4 Å². The average Bonchev–Trinajstić information content (AvgIpc) is 2.59. The molecule has 0 atom stereocenters. The van der Waals surface area contributed by atoms with Crippen LogP contribution in [-0.2, 0) is 6.42 Å². The molecule has 0 aliphatic carbocycles. The lowest BCUT2D eigenvalue weighted by Gasteiger charge is -2.12. The lowest BCUT2D eigenvalue weighted by Crippen LogP contribution is -2.01. The zero-order chi connectivity index (χ0) is 18.8. The van der Waals surface area contributed by atoms with E-state index in [0.29, 0.717) is 23.1 Å². The van der Waals surface area contributed by atoms with E-state index in [2.05, 4.69) is 0 Å². The molecule has 5 nitrogen and oxygen atoms in total. The molecule has 26 heavy (non-hydrogen) atoms. The van der Waals surface area contributed by atoms with Crippen molar-refractivity contribution in [3.8, 4) is 28.6 Å². The standard InChI is InChI=1S/C21H20O5/c1-12(2)4-5-13-8-16(18(24)10-19(13)25-3)21-11-17(23)15-7-6-14(22)9-20(15)26-21/h4,6-11,22,24H,5H2,1-3H3. The molecule has 0 aliphatic rings. The third-order valence-corrected chi connectivity index (χ3v) is 4.11. The molecule has 0 radical (unpaired) electrons. The van der Waals surface area contributed by atoms with Gasteiger partial charge in [0.2, 0.25) is 0 Å². The average molecular weight is 352 g/mol. The Labute approximate surface area is 150 Å². The number of allylic oxidation sites excluding steroid dienone is 2. The maximum Gasteiger partial charge on any atom is 0.193 e. The predicted molar refractivity (Wildman–Crippen MR) is 101 cm³/mol. The maximum atomic E-state index is 12.4. The van der Waals surface area contributed by atoms with Crippen LogP contribution in [-0.4, -0.2) is 17.3 Å². The van der Waals surface area contributed by atoms with E-state index in [1.54, 1.807) is 13.2 Å². The first-order chi connectivity index (χ1) is 12.4. The van der Waals surface area contributed by atoms with Crippen LogP contribution in [0, 0.1) is 0 Å². The van der Waals surface area contributed by atoms with Gasteiger partial charge in [0, 0.05) is 18.2 Å². The van der Waals surface area contributed by atoms with Gasteiger partial charge in [-0.2, -0.15) is 0 Å². The van der Waals surface area contributed by atoms with Crippen molar-refractivity contribution in [1.29, 1.82) is 0 Å². The molecule has 0 saturated heterocycles. The van der Waals surface area contributed by atoms with E-state index in [1.165, 1.54) is 30.3 Å². The number of fused-ring (bicyclic) bond motifs is 1. The van der Waals surface area contributed by atoms with E-state index >= 15 is 0 Å². The second kappa shape index (κ2) is 6.96. The summed E-state index contributed by atoms with van der Waals surface area (Å²) in [5.74, 6) is 0.739. The lowest BCUT2D eigenvalue weighted by atomic mass is 10.0. The summed E-state index contributed by atoms with van der Waals surface area (Å²) >= 11 is 0. The molecule has 1 heterocycles. The zero-order valence-corrected chi connectivity index (χ0v) is 14.9. The number of rotatable bonds is 4. The summed E-state index contributed by atoms with van der Waals surface area (Å²) in [4.78, 5) is 12.4. The molecule has 134 valence electrons. The van der Waals surface area contributed by atoms with Crippen LogP contribution >= 0.6 is 0 Å². The molecule has 1 aromatic heterocycles. The minimum absolute atomic E-state index is 0.000926. The monoisotopic (exact) mass is 352 g/mol. The SMILES string of the molecule is COc1cc(O)c(-c2cc(=O)c3ccc(O)cc3o2)cc1CC=C(C)C. The van der Waals surface area contributed by atoms with Crippen molar-refractivity contribution in [2.24, 2.45) is 0 Å². The van der Waals surface area contributed by atoms with Gasteiger partial charge in [0.05, 0.1) is 18.1 Å². The largest absolute Gasteiger partial charge is 0.508 e. The van der Waals surface area contributed by atoms with Crippen LogP contribution in [0.3, 0.4) is 0 Å². The molecule has 3 aromatic rings. The van der Waals surface area contributed by atoms with Crippen molar-refractivity contribution >= 4 is 11.0 Å². The van der Waals surface area contributed by atoms with E-state index < -0.39 is 0 Å². The van der Waals surface area contributed by atoms with Gasteiger partial charge in [0.1, 0.15) is 28.6 Å². The minimum atomic E-state index is -0.248. The van der Waals surface area contributed by atoms with Crippen molar-refractivity contribution in [2.45, 2.75) is 20.3 Å². The van der Waals surface area contributed by atoms with Gasteiger partial charge in [0.15, 0.2) is 5.43 Å². The van der Waals surface area contributed by atoms with Gasteiger partial charge in [-0.1, -0.05) is 11.6 Å². The van der Waals surface area contributed by atoms with Crippen molar-refractivity contribution in [3.05, 3.63) is 63.8 Å². The molecule has 2 aromatic carbocycles. The highest BCUT2D eigenvalue weighted by atomic mass is 16.5. The summed E-state index contributed by atoms with van der Waals surface area (Å²) in [6.07, 6.45) is 2.67. The smallest absolute Gasteiger partial charge is 0.193 e. The summed E-state index contributed by atoms with van der Waals surface area (Å²) in [7, 11) is 1.54. The Hall–Kier alpha value is -3.21. The minimum Gasteiger partial charge on any atom is -0.508 e. The van der Waals surface area contributed by atoms with Crippen molar-refractivity contribution in [1.82, 2.24) is 0 Å². The van der Waals surface area contributed by atoms with Gasteiger partial charge in [-0.05, 0) is 44.0 Å². The number of methoxy groups -OCH3 is 1. The maximum absolute atomic E-state index is 12.4. The van der Waals surface area contributed by atoms with Crippen LogP contribution in [0.25, 0.3) is 22.3 Å². The first-order valence-electron chi connectivity index (χ1n) is 8.19. The van der Waals surface area contributed by atoms with Gasteiger partial charge in [-0.3, -0.25) is 4.79 Å². The van der Waals surface area contributed by atoms with Crippen LogP contribution in [0.5, 0.6) is 17.2 Å². The number of hydrogen-bond donors (Lipinski definition) is 2. The van der Waals surface area contributed by atoms with Gasteiger partial charge in [-0.15, -0.1) is 0 Å². The Morgan fingerprint density at radius 3 is 2.62 bits per heavy atom. The number of aromatic hydroxyl groups is 2. The molecule has 0 fully saturated rings. The Morgan fingerprint density at radius 1 is 1.15 bits per heavy atom. The summed E-state index contributed by atoms with van der Waals surface area (Å²) in [6, 6.07) is 8.92. The van der Waals surface area contributed by atoms with E-state index in [9.17, 15) is 15.0 Å². The molecule has 5 heteroatoms. The van der Waals surface area contributed by atoms with Gasteiger partial charge < -0.3 is 19.4 Å². The topological polar surface area (TPSA) is 79.9 Å². The first kappa shape index (κ1) is 17.6. The molecule has 3 rings (SSSR count). The highest BCUT2D eigenvalue weighted by Gasteiger charge is 2.15. The van der Waals surface area contributed by atoms with Gasteiger partial charge in [-0.25, -0.2) is 0 Å². The number of hydrogen-bond acceptors (Lipinski definition) is 5. The second-order valence-corrected chi connectivity index (χ2v) is 6.32. The highest BCUT2D eigenvalue weighted by molar-refractivity contribution is 5.81. The molecule has 0 spiro atoms. The Bertz CT molecular complexity index is 1060. The molecule has 2 N–H and O–H groups in total. The first-order valence-corrected chi connectivity index (χ1v) is 8.19. The predicted octanol–water partition coefficient (Wildman–Crippen LogP) is 4.39. The fourth-order valence-corrected chi connectivity index (χ4v) is 2.75. The van der Waals surface area contributed by atoms with E-state index in [-0.39, 0.29) is 28.3 Å². The van der Waals surface area contributed by atoms with Crippen molar-refractivity contribution in [2.75, 3.05) is 7.11 Å². The fourth-order valence-electron chi connectivity index (χ4n) is 2.75. The molecule has 0 saturated carbocycles. The number of benzene rings is 2. The summed E-state index contributed by atoms with van der Waals surface area (Å²) in [5, 5.41) is 20.4. The summed E-state index contributed by atoms with van der Waals surface area (Å²) in [5.41, 5.74) is 2.43. The normalized spacial score (nSPS) is 10.7. The third-order valence-electron chi connectivity index (χ3n) is 4.11. The van der Waals surface area contributed by atoms with E-state index in [0.717, 1.165) is 11.1 Å². The Kier molecular flexibility index (Phi) is 4.71. The zero-order valence-electron chi connectivity index (χ0n) is 14.9. The van der Waals surface area contributed by atoms with Crippen LogP contribution in [0.1, 0.15) is 19.4 Å². The van der Waals surface area contributed by atoms with Crippen LogP contribution in [0.4, 0.5) is 0 Å². The Balaban J connectivity index is 2.19. The van der Waals surface area contributed by atoms with Gasteiger partial charge in [0.25, 0.3) is 0 Å². The van der Waals surface area contributed by atoms with Crippen LogP contribution < -0.4 is 10.2 Å². The fraction of sp³-hybridized carbons (Fsp3) is 0.190. The molecular formula is C21H20O5. The molecule has 0 unspecified atom stereocenters. The summed E-state index contributed by atoms with van der Waals surface area (Å²) in [6.45, 7) is 4.01. The number of phenols is 2. The number of phenolic OH excluding ortho intramolecular Hbond substituents is 2. The molecular weight excluding hydrogens is 332 g/mol. The van der Waals surface area contributed by atoms with Crippen LogP contribution in [0.15, 0.2) is 57.3 Å². The lowest BCUT2D eigenvalue weighted by molar-refractivity contribution is 0.404.